The first kappa shape index (κ1) is 11.0. The summed E-state index contributed by atoms with van der Waals surface area (Å²) < 4.78 is 24.3. The van der Waals surface area contributed by atoms with Gasteiger partial charge in [-0.2, -0.15) is 5.26 Å². The second kappa shape index (κ2) is 4.20. The van der Waals surface area contributed by atoms with Crippen LogP contribution in [0.5, 0.6) is 0 Å². The smallest absolute Gasteiger partial charge is 0.201 e. The Hall–Kier alpha value is -1.45. The highest BCUT2D eigenvalue weighted by atomic mass is 32.2. The maximum atomic E-state index is 12.2. The fourth-order valence-electron chi connectivity index (χ4n) is 1.75. The van der Waals surface area contributed by atoms with Gasteiger partial charge in [0.05, 0.1) is 10.8 Å². The molecule has 2 heterocycles. The SMILES string of the molecule is N#Cc1cccnc1S(=O)(=O)C1CCNC1. The Morgan fingerprint density at radius 1 is 1.56 bits per heavy atom. The van der Waals surface area contributed by atoms with Gasteiger partial charge >= 0.3 is 0 Å². The van der Waals surface area contributed by atoms with E-state index in [1.165, 1.54) is 12.3 Å². The van der Waals surface area contributed by atoms with Gasteiger partial charge in [0.1, 0.15) is 6.07 Å². The van der Waals surface area contributed by atoms with E-state index in [1.54, 1.807) is 6.07 Å². The number of pyridine rings is 1. The van der Waals surface area contributed by atoms with Gasteiger partial charge in [0.25, 0.3) is 0 Å². The van der Waals surface area contributed by atoms with Crippen LogP contribution in [-0.4, -0.2) is 31.7 Å². The third-order valence-corrected chi connectivity index (χ3v) is 4.76. The molecule has 16 heavy (non-hydrogen) atoms. The van der Waals surface area contributed by atoms with Gasteiger partial charge in [0, 0.05) is 12.7 Å². The van der Waals surface area contributed by atoms with Crippen molar-refractivity contribution in [2.45, 2.75) is 16.7 Å². The molecule has 0 aliphatic carbocycles. The van der Waals surface area contributed by atoms with Crippen molar-refractivity contribution in [3.05, 3.63) is 23.9 Å². The Kier molecular flexibility index (Phi) is 2.90. The second-order valence-corrected chi connectivity index (χ2v) is 5.77. The molecular formula is C10H11N3O2S. The molecule has 1 fully saturated rings. The van der Waals surface area contributed by atoms with Crippen LogP contribution in [-0.2, 0) is 9.84 Å². The molecule has 1 unspecified atom stereocenters. The van der Waals surface area contributed by atoms with Crippen LogP contribution in [0.1, 0.15) is 12.0 Å². The van der Waals surface area contributed by atoms with Gasteiger partial charge in [-0.3, -0.25) is 0 Å². The van der Waals surface area contributed by atoms with Crippen LogP contribution >= 0.6 is 0 Å². The lowest BCUT2D eigenvalue weighted by atomic mass is 10.3. The first-order chi connectivity index (χ1) is 7.66. The van der Waals surface area contributed by atoms with Crippen LogP contribution in [0.4, 0.5) is 0 Å². The zero-order valence-corrected chi connectivity index (χ0v) is 9.37. The number of sulfone groups is 1. The average Bonchev–Trinajstić information content (AvgIpc) is 2.83. The maximum absolute atomic E-state index is 12.2. The van der Waals surface area contributed by atoms with Crippen molar-refractivity contribution in [1.82, 2.24) is 10.3 Å². The summed E-state index contributed by atoms with van der Waals surface area (Å²) in [7, 11) is -3.48. The topological polar surface area (TPSA) is 82.8 Å². The van der Waals surface area contributed by atoms with Crippen molar-refractivity contribution >= 4 is 9.84 Å². The van der Waals surface area contributed by atoms with E-state index in [0.29, 0.717) is 19.5 Å². The summed E-state index contributed by atoms with van der Waals surface area (Å²) in [5.41, 5.74) is 0.120. The summed E-state index contributed by atoms with van der Waals surface area (Å²) in [6, 6.07) is 4.90. The van der Waals surface area contributed by atoms with Gasteiger partial charge in [-0.25, -0.2) is 13.4 Å². The summed E-state index contributed by atoms with van der Waals surface area (Å²) in [5, 5.41) is 11.3. The zero-order chi connectivity index (χ0) is 11.6. The average molecular weight is 237 g/mol. The molecule has 0 spiro atoms. The largest absolute Gasteiger partial charge is 0.315 e. The molecule has 1 aromatic rings. The van der Waals surface area contributed by atoms with Gasteiger partial charge < -0.3 is 5.32 Å². The zero-order valence-electron chi connectivity index (χ0n) is 8.55. The Morgan fingerprint density at radius 2 is 2.38 bits per heavy atom. The normalized spacial score (nSPS) is 20.6. The number of nitrogens with one attached hydrogen (secondary N) is 1. The maximum Gasteiger partial charge on any atom is 0.201 e. The van der Waals surface area contributed by atoms with Crippen molar-refractivity contribution in [1.29, 1.82) is 5.26 Å². The first-order valence-corrected chi connectivity index (χ1v) is 6.50. The number of nitriles is 1. The van der Waals surface area contributed by atoms with E-state index in [1.807, 2.05) is 6.07 Å². The molecule has 0 bridgehead atoms. The van der Waals surface area contributed by atoms with Crippen LogP contribution in [0, 0.1) is 11.3 Å². The van der Waals surface area contributed by atoms with Crippen LogP contribution in [0.25, 0.3) is 0 Å². The molecule has 1 N–H and O–H groups in total. The molecule has 1 aliphatic rings. The van der Waals surface area contributed by atoms with Crippen LogP contribution in [0.3, 0.4) is 0 Å². The fourth-order valence-corrected chi connectivity index (χ4v) is 3.46. The molecule has 0 amide bonds. The summed E-state index contributed by atoms with van der Waals surface area (Å²) in [6.45, 7) is 1.13. The van der Waals surface area contributed by atoms with E-state index in [9.17, 15) is 8.42 Å². The summed E-state index contributed by atoms with van der Waals surface area (Å²) in [4.78, 5) is 3.83. The van der Waals surface area contributed by atoms with Crippen molar-refractivity contribution in [2.24, 2.45) is 0 Å². The second-order valence-electron chi connectivity index (χ2n) is 3.63. The molecule has 1 aromatic heterocycles. The van der Waals surface area contributed by atoms with Crippen molar-refractivity contribution in [3.8, 4) is 6.07 Å². The lowest BCUT2D eigenvalue weighted by Crippen LogP contribution is -2.25. The Balaban J connectivity index is 2.47. The molecule has 0 saturated carbocycles. The van der Waals surface area contributed by atoms with Gasteiger partial charge in [-0.1, -0.05) is 0 Å². The third kappa shape index (κ3) is 1.79. The molecule has 84 valence electrons. The van der Waals surface area contributed by atoms with E-state index in [2.05, 4.69) is 10.3 Å². The van der Waals surface area contributed by atoms with Crippen LogP contribution < -0.4 is 5.32 Å². The molecular weight excluding hydrogens is 226 g/mol. The van der Waals surface area contributed by atoms with Gasteiger partial charge in [0.2, 0.25) is 9.84 Å². The molecule has 1 atom stereocenters. The van der Waals surface area contributed by atoms with Gasteiger partial charge in [0.15, 0.2) is 5.03 Å². The van der Waals surface area contributed by atoms with Crippen LogP contribution in [0.15, 0.2) is 23.4 Å². The molecule has 2 rings (SSSR count). The van der Waals surface area contributed by atoms with E-state index in [0.717, 1.165) is 0 Å². The predicted molar refractivity (Wildman–Crippen MR) is 57.4 cm³/mol. The Labute approximate surface area is 94.0 Å². The summed E-state index contributed by atoms with van der Waals surface area (Å²) in [5.74, 6) is 0. The summed E-state index contributed by atoms with van der Waals surface area (Å²) in [6.07, 6.45) is 1.97. The van der Waals surface area contributed by atoms with Gasteiger partial charge in [-0.05, 0) is 25.1 Å². The molecule has 1 saturated heterocycles. The monoisotopic (exact) mass is 237 g/mol. The molecule has 1 aliphatic heterocycles. The predicted octanol–water partition coefficient (Wildman–Crippen LogP) is 0.0889. The quantitative estimate of drug-likeness (QED) is 0.788. The van der Waals surface area contributed by atoms with E-state index in [4.69, 9.17) is 5.26 Å². The molecule has 6 heteroatoms. The minimum Gasteiger partial charge on any atom is -0.315 e. The number of hydrogen-bond donors (Lipinski definition) is 1. The standard InChI is InChI=1S/C10H11N3O2S/c11-6-8-2-1-4-13-10(8)16(14,15)9-3-5-12-7-9/h1-2,4,9,12H,3,5,7H2. The first-order valence-electron chi connectivity index (χ1n) is 4.96. The lowest BCUT2D eigenvalue weighted by Gasteiger charge is -2.10. The number of hydrogen-bond acceptors (Lipinski definition) is 5. The van der Waals surface area contributed by atoms with E-state index >= 15 is 0 Å². The van der Waals surface area contributed by atoms with Crippen molar-refractivity contribution in [2.75, 3.05) is 13.1 Å². The van der Waals surface area contributed by atoms with E-state index < -0.39 is 15.1 Å². The lowest BCUT2D eigenvalue weighted by molar-refractivity contribution is 0.578. The number of aromatic nitrogens is 1. The van der Waals surface area contributed by atoms with E-state index in [-0.39, 0.29) is 10.6 Å². The number of rotatable bonds is 2. The summed E-state index contributed by atoms with van der Waals surface area (Å²) >= 11 is 0. The Morgan fingerprint density at radius 3 is 3.00 bits per heavy atom. The van der Waals surface area contributed by atoms with Crippen molar-refractivity contribution < 1.29 is 8.42 Å². The van der Waals surface area contributed by atoms with Crippen molar-refractivity contribution in [3.63, 3.8) is 0 Å². The Bertz CT molecular complexity index is 527. The minimum absolute atomic E-state index is 0.0915. The minimum atomic E-state index is -3.48. The van der Waals surface area contributed by atoms with Gasteiger partial charge in [-0.15, -0.1) is 0 Å². The molecule has 0 aromatic carbocycles. The molecule has 5 nitrogen and oxygen atoms in total. The fraction of sp³-hybridized carbons (Fsp3) is 0.400. The highest BCUT2D eigenvalue weighted by Crippen LogP contribution is 2.21. The highest BCUT2D eigenvalue weighted by Gasteiger charge is 2.32. The molecule has 0 radical (unpaired) electrons. The number of nitrogens with zero attached hydrogens (tertiary/aromatic N) is 2. The highest BCUT2D eigenvalue weighted by molar-refractivity contribution is 7.92. The third-order valence-electron chi connectivity index (χ3n) is 2.62. The van der Waals surface area contributed by atoms with Crippen LogP contribution in [0.2, 0.25) is 0 Å².